The van der Waals surface area contributed by atoms with Crippen molar-refractivity contribution < 1.29 is 17.9 Å². The lowest BCUT2D eigenvalue weighted by atomic mass is 9.98. The Bertz CT molecular complexity index is 1190. The molecule has 3 aromatic rings. The summed E-state index contributed by atoms with van der Waals surface area (Å²) in [5.41, 5.74) is 3.26. The minimum absolute atomic E-state index is 0.0793. The fourth-order valence-electron chi connectivity index (χ4n) is 3.77. The first-order valence-corrected chi connectivity index (χ1v) is 12.6. The van der Waals surface area contributed by atoms with E-state index in [4.69, 9.17) is 21.4 Å². The van der Waals surface area contributed by atoms with Crippen LogP contribution in [0.15, 0.2) is 60.8 Å². The molecule has 7 nitrogen and oxygen atoms in total. The molecule has 4 rings (SSSR count). The molecule has 2 heterocycles. The molecule has 9 heteroatoms. The van der Waals surface area contributed by atoms with Crippen molar-refractivity contribution in [2.75, 3.05) is 19.3 Å². The van der Waals surface area contributed by atoms with Gasteiger partial charge in [0.2, 0.25) is 10.0 Å². The third kappa shape index (κ3) is 5.20. The topological polar surface area (TPSA) is 81.5 Å². The molecule has 0 atom stereocenters. The quantitative estimate of drug-likeness (QED) is 0.507. The molecule has 0 bridgehead atoms. The van der Waals surface area contributed by atoms with E-state index in [1.165, 1.54) is 10.6 Å². The molecule has 1 aliphatic heterocycles. The highest BCUT2D eigenvalue weighted by atomic mass is 35.5. The Hall–Kier alpha value is -2.68. The minimum Gasteiger partial charge on any atom is -0.460 e. The van der Waals surface area contributed by atoms with Gasteiger partial charge in [0.25, 0.3) is 0 Å². The smallest absolute Gasteiger partial charge is 0.309 e. The summed E-state index contributed by atoms with van der Waals surface area (Å²) in [5, 5.41) is 5.35. The van der Waals surface area contributed by atoms with Crippen molar-refractivity contribution in [3.05, 3.63) is 71.4 Å². The van der Waals surface area contributed by atoms with E-state index in [1.807, 2.05) is 48.7 Å². The predicted molar refractivity (Wildman–Crippen MR) is 123 cm³/mol. The molecule has 2 aromatic carbocycles. The van der Waals surface area contributed by atoms with Crippen LogP contribution in [0.5, 0.6) is 0 Å². The van der Waals surface area contributed by atoms with Crippen molar-refractivity contribution in [3.8, 4) is 16.9 Å². The van der Waals surface area contributed by atoms with Crippen LogP contribution in [0.3, 0.4) is 0 Å². The third-order valence-corrected chi connectivity index (χ3v) is 7.11. The molecular weight excluding hydrogens is 450 g/mol. The Labute approximate surface area is 192 Å². The van der Waals surface area contributed by atoms with E-state index in [0.717, 1.165) is 16.8 Å². The molecule has 0 saturated carbocycles. The van der Waals surface area contributed by atoms with Gasteiger partial charge < -0.3 is 4.74 Å². The maximum absolute atomic E-state index is 12.7. The van der Waals surface area contributed by atoms with Gasteiger partial charge in [-0.1, -0.05) is 41.9 Å². The summed E-state index contributed by atoms with van der Waals surface area (Å²) in [6, 6.07) is 17.0. The van der Waals surface area contributed by atoms with E-state index < -0.39 is 10.0 Å². The Morgan fingerprint density at radius 2 is 1.75 bits per heavy atom. The second-order valence-corrected chi connectivity index (χ2v) is 10.3. The number of carbonyl (C=O) groups excluding carboxylic acids is 1. The van der Waals surface area contributed by atoms with Crippen molar-refractivity contribution >= 4 is 27.6 Å². The number of piperidine rings is 1. The van der Waals surface area contributed by atoms with Gasteiger partial charge in [0.1, 0.15) is 6.61 Å². The van der Waals surface area contributed by atoms with Gasteiger partial charge in [-0.25, -0.2) is 17.4 Å². The number of rotatable bonds is 6. The van der Waals surface area contributed by atoms with E-state index in [0.29, 0.717) is 36.6 Å². The van der Waals surface area contributed by atoms with Gasteiger partial charge in [0.15, 0.2) is 0 Å². The first-order chi connectivity index (χ1) is 15.3. The van der Waals surface area contributed by atoms with Crippen LogP contribution < -0.4 is 0 Å². The lowest BCUT2D eigenvalue weighted by Crippen LogP contribution is -2.40. The van der Waals surface area contributed by atoms with Crippen LogP contribution in [0.1, 0.15) is 18.4 Å². The summed E-state index contributed by atoms with van der Waals surface area (Å²) in [5.74, 6) is -0.621. The number of para-hydroxylation sites is 1. The minimum atomic E-state index is -3.23. The molecule has 0 radical (unpaired) electrons. The maximum Gasteiger partial charge on any atom is 0.309 e. The Morgan fingerprint density at radius 1 is 1.09 bits per heavy atom. The van der Waals surface area contributed by atoms with Crippen molar-refractivity contribution in [1.82, 2.24) is 14.1 Å². The van der Waals surface area contributed by atoms with E-state index in [2.05, 4.69) is 0 Å². The number of halogens is 1. The molecule has 0 aliphatic carbocycles. The van der Waals surface area contributed by atoms with Crippen LogP contribution >= 0.6 is 11.6 Å². The van der Waals surface area contributed by atoms with E-state index in [1.54, 1.807) is 16.8 Å². The summed E-state index contributed by atoms with van der Waals surface area (Å²) < 4.78 is 32.2. The Morgan fingerprint density at radius 3 is 2.38 bits per heavy atom. The summed E-state index contributed by atoms with van der Waals surface area (Å²) in [7, 11) is -3.23. The molecule has 0 unspecified atom stereocenters. The number of carbonyl (C=O) groups is 1. The first kappa shape index (κ1) is 22.5. The van der Waals surface area contributed by atoms with E-state index in [9.17, 15) is 13.2 Å². The number of nitrogens with zero attached hydrogens (tertiary/aromatic N) is 3. The van der Waals surface area contributed by atoms with Gasteiger partial charge in [-0.05, 0) is 37.1 Å². The van der Waals surface area contributed by atoms with Gasteiger partial charge in [-0.15, -0.1) is 0 Å². The van der Waals surface area contributed by atoms with Gasteiger partial charge in [-0.3, -0.25) is 4.79 Å². The SMILES string of the molecule is CS(=O)(=O)N1CCC(C(=O)OCc2cn(-c3ccccc3)nc2-c2ccc(Cl)cc2)CC1. The average Bonchev–Trinajstić information content (AvgIpc) is 3.22. The predicted octanol–water partition coefficient (Wildman–Crippen LogP) is 3.91. The molecule has 1 aliphatic rings. The van der Waals surface area contributed by atoms with Crippen LogP contribution in [-0.4, -0.2) is 47.8 Å². The number of sulfonamides is 1. The van der Waals surface area contributed by atoms with Gasteiger partial charge in [0.05, 0.1) is 23.6 Å². The Balaban J connectivity index is 1.50. The number of benzene rings is 2. The van der Waals surface area contributed by atoms with Crippen molar-refractivity contribution in [3.63, 3.8) is 0 Å². The highest BCUT2D eigenvalue weighted by Gasteiger charge is 2.30. The normalized spacial score (nSPS) is 15.6. The van der Waals surface area contributed by atoms with Gasteiger partial charge >= 0.3 is 5.97 Å². The maximum atomic E-state index is 12.7. The first-order valence-electron chi connectivity index (χ1n) is 10.3. The van der Waals surface area contributed by atoms with Crippen LogP contribution in [0, 0.1) is 5.92 Å². The molecule has 1 aromatic heterocycles. The number of hydrogen-bond donors (Lipinski definition) is 0. The fraction of sp³-hybridized carbons (Fsp3) is 0.304. The fourth-order valence-corrected chi connectivity index (χ4v) is 4.77. The average molecular weight is 474 g/mol. The van der Waals surface area contributed by atoms with E-state index in [-0.39, 0.29) is 18.5 Å². The molecule has 32 heavy (non-hydrogen) atoms. The third-order valence-electron chi connectivity index (χ3n) is 5.55. The summed E-state index contributed by atoms with van der Waals surface area (Å²) in [6.45, 7) is 0.747. The second kappa shape index (κ2) is 9.44. The monoisotopic (exact) mass is 473 g/mol. The highest BCUT2D eigenvalue weighted by Crippen LogP contribution is 2.27. The number of esters is 1. The zero-order valence-electron chi connectivity index (χ0n) is 17.6. The zero-order chi connectivity index (χ0) is 22.7. The second-order valence-electron chi connectivity index (χ2n) is 7.83. The van der Waals surface area contributed by atoms with Crippen LogP contribution in [0.25, 0.3) is 16.9 Å². The molecule has 1 fully saturated rings. The van der Waals surface area contributed by atoms with E-state index >= 15 is 0 Å². The zero-order valence-corrected chi connectivity index (χ0v) is 19.2. The molecule has 0 amide bonds. The lowest BCUT2D eigenvalue weighted by molar-refractivity contribution is -0.151. The van der Waals surface area contributed by atoms with Gasteiger partial charge in [0, 0.05) is 35.4 Å². The standard InChI is InChI=1S/C23H24ClN3O4S/c1-32(29,30)26-13-11-18(12-14-26)23(28)31-16-19-15-27(21-5-3-2-4-6-21)25-22(19)17-7-9-20(24)10-8-17/h2-10,15,18H,11-14,16H2,1H3. The van der Waals surface area contributed by atoms with Crippen LogP contribution in [0.2, 0.25) is 5.02 Å². The summed E-state index contributed by atoms with van der Waals surface area (Å²) in [6.07, 6.45) is 3.96. The molecule has 168 valence electrons. The summed E-state index contributed by atoms with van der Waals surface area (Å²) in [4.78, 5) is 12.7. The Kier molecular flexibility index (Phi) is 6.64. The highest BCUT2D eigenvalue weighted by molar-refractivity contribution is 7.88. The van der Waals surface area contributed by atoms with Gasteiger partial charge in [-0.2, -0.15) is 5.10 Å². The number of ether oxygens (including phenoxy) is 1. The molecular formula is C23H24ClN3O4S. The number of hydrogen-bond acceptors (Lipinski definition) is 5. The number of aromatic nitrogens is 2. The summed E-state index contributed by atoms with van der Waals surface area (Å²) >= 11 is 6.03. The van der Waals surface area contributed by atoms with Crippen molar-refractivity contribution in [1.29, 1.82) is 0 Å². The van der Waals surface area contributed by atoms with Crippen molar-refractivity contribution in [2.45, 2.75) is 19.4 Å². The lowest BCUT2D eigenvalue weighted by Gasteiger charge is -2.28. The molecule has 0 N–H and O–H groups in total. The molecule has 0 spiro atoms. The molecule has 1 saturated heterocycles. The van der Waals surface area contributed by atoms with Crippen LogP contribution in [-0.2, 0) is 26.2 Å². The largest absolute Gasteiger partial charge is 0.460 e. The van der Waals surface area contributed by atoms with Crippen LogP contribution in [0.4, 0.5) is 0 Å². The van der Waals surface area contributed by atoms with Crippen molar-refractivity contribution in [2.24, 2.45) is 5.92 Å².